The minimum absolute atomic E-state index is 0.0560. The van der Waals surface area contributed by atoms with Crippen molar-refractivity contribution in [3.05, 3.63) is 50.9 Å². The van der Waals surface area contributed by atoms with Crippen LogP contribution in [0.1, 0.15) is 42.2 Å². The number of oxime groups is 1. The predicted molar refractivity (Wildman–Crippen MR) is 98.9 cm³/mol. The highest BCUT2D eigenvalue weighted by atomic mass is 127. The number of carboxylic acids is 1. The van der Waals surface area contributed by atoms with E-state index in [1.54, 1.807) is 0 Å². The van der Waals surface area contributed by atoms with Gasteiger partial charge in [-0.25, -0.2) is 0 Å². The zero-order valence-electron chi connectivity index (χ0n) is 13.5. The number of hydrogen-bond donors (Lipinski definition) is 2. The van der Waals surface area contributed by atoms with Crippen LogP contribution in [0, 0.1) is 3.57 Å². The number of benzene rings is 1. The number of hydrogen-bond acceptors (Lipinski definition) is 6. The Morgan fingerprint density at radius 2 is 2.16 bits per heavy atom. The third-order valence-corrected chi connectivity index (χ3v) is 4.69. The molecule has 1 atom stereocenters. The normalized spacial score (nSPS) is 12.5. The second-order valence-electron chi connectivity index (χ2n) is 5.47. The third kappa shape index (κ3) is 6.13. The fourth-order valence-corrected chi connectivity index (χ4v) is 3.20. The summed E-state index contributed by atoms with van der Waals surface area (Å²) in [5, 5.41) is 24.5. The zero-order chi connectivity index (χ0) is 18.1. The maximum atomic E-state index is 11.1. The molecule has 0 amide bonds. The van der Waals surface area contributed by atoms with Crippen LogP contribution < -0.4 is 0 Å². The summed E-state index contributed by atoms with van der Waals surface area (Å²) < 4.78 is 11.6. The lowest BCUT2D eigenvalue weighted by atomic mass is 9.96. The fourth-order valence-electron chi connectivity index (χ4n) is 2.43. The van der Waals surface area contributed by atoms with Crippen LogP contribution in [-0.2, 0) is 16.1 Å². The molecule has 0 spiro atoms. The topological polar surface area (TPSA) is 105 Å². The van der Waals surface area contributed by atoms with Crippen LogP contribution in [0.5, 0.6) is 0 Å². The van der Waals surface area contributed by atoms with Gasteiger partial charge < -0.3 is 19.6 Å². The van der Waals surface area contributed by atoms with Gasteiger partial charge in [0.05, 0.1) is 22.8 Å². The van der Waals surface area contributed by atoms with Gasteiger partial charge in [0.2, 0.25) is 0 Å². The molecule has 0 unspecified atom stereocenters. The van der Waals surface area contributed by atoms with Crippen molar-refractivity contribution in [2.45, 2.75) is 31.8 Å². The lowest BCUT2D eigenvalue weighted by Crippen LogP contribution is -2.08. The van der Waals surface area contributed by atoms with Crippen molar-refractivity contribution in [2.75, 3.05) is 6.61 Å². The molecule has 1 aromatic heterocycles. The molecule has 8 heteroatoms. The van der Waals surface area contributed by atoms with Gasteiger partial charge in [-0.05, 0) is 41.0 Å². The Bertz CT molecular complexity index is 702. The molecule has 2 aromatic rings. The van der Waals surface area contributed by atoms with Crippen LogP contribution in [-0.4, -0.2) is 34.3 Å². The molecular weight excluding hydrogens is 439 g/mol. The summed E-state index contributed by atoms with van der Waals surface area (Å²) >= 11 is 2.01. The van der Waals surface area contributed by atoms with Crippen LogP contribution in [0.4, 0.5) is 0 Å². The number of halogens is 1. The Morgan fingerprint density at radius 3 is 2.84 bits per heavy atom. The lowest BCUT2D eigenvalue weighted by Gasteiger charge is -2.12. The maximum Gasteiger partial charge on any atom is 0.304 e. The maximum absolute atomic E-state index is 11.1. The van der Waals surface area contributed by atoms with E-state index in [1.165, 1.54) is 0 Å². The highest BCUT2D eigenvalue weighted by molar-refractivity contribution is 14.1. The minimum atomic E-state index is -0.903. The molecule has 0 aliphatic heterocycles. The first-order valence-corrected chi connectivity index (χ1v) is 8.85. The van der Waals surface area contributed by atoms with Crippen LogP contribution in [0.2, 0.25) is 0 Å². The standard InChI is InChI=1S/C17H19IN2O5/c18-16-14(10-19-23)20-25-17(16)13(9-15(21)22)7-4-8-24-11-12-5-2-1-3-6-12/h1-3,5-6,10,13,23H,4,7-9,11H2,(H,21,22)/t13-/m0/s1. The predicted octanol–water partition coefficient (Wildman–Crippen LogP) is 3.64. The number of ether oxygens (including phenoxy) is 1. The van der Waals surface area contributed by atoms with Gasteiger partial charge in [-0.3, -0.25) is 4.79 Å². The molecule has 2 N–H and O–H groups in total. The van der Waals surface area contributed by atoms with E-state index in [-0.39, 0.29) is 12.3 Å². The largest absolute Gasteiger partial charge is 0.481 e. The third-order valence-electron chi connectivity index (χ3n) is 3.61. The van der Waals surface area contributed by atoms with E-state index in [0.29, 0.717) is 41.1 Å². The molecule has 0 saturated heterocycles. The van der Waals surface area contributed by atoms with Gasteiger partial charge in [-0.2, -0.15) is 0 Å². The van der Waals surface area contributed by atoms with Crippen molar-refractivity contribution in [1.82, 2.24) is 5.16 Å². The molecule has 7 nitrogen and oxygen atoms in total. The Hall–Kier alpha value is -1.94. The van der Waals surface area contributed by atoms with E-state index >= 15 is 0 Å². The van der Waals surface area contributed by atoms with E-state index in [2.05, 4.69) is 10.3 Å². The SMILES string of the molecule is O=C(O)C[C@H](CCCOCc1ccccc1)c1onc(C=NO)c1I. The van der Waals surface area contributed by atoms with Gasteiger partial charge in [0.1, 0.15) is 5.69 Å². The smallest absolute Gasteiger partial charge is 0.304 e. The molecule has 2 rings (SSSR count). The number of nitrogens with zero attached hydrogens (tertiary/aromatic N) is 2. The molecule has 0 radical (unpaired) electrons. The minimum Gasteiger partial charge on any atom is -0.481 e. The van der Waals surface area contributed by atoms with Crippen LogP contribution in [0.25, 0.3) is 0 Å². The molecule has 0 saturated carbocycles. The molecule has 0 aliphatic carbocycles. The van der Waals surface area contributed by atoms with Crippen molar-refractivity contribution in [3.63, 3.8) is 0 Å². The van der Waals surface area contributed by atoms with Crippen LogP contribution >= 0.6 is 22.6 Å². The summed E-state index contributed by atoms with van der Waals surface area (Å²) in [6, 6.07) is 9.86. The van der Waals surface area contributed by atoms with E-state index in [1.807, 2.05) is 52.9 Å². The molecule has 0 fully saturated rings. The second kappa shape index (κ2) is 10.1. The summed E-state index contributed by atoms with van der Waals surface area (Å²) in [5.74, 6) is -0.709. The average molecular weight is 458 g/mol. The Balaban J connectivity index is 1.88. The van der Waals surface area contributed by atoms with Crippen molar-refractivity contribution in [1.29, 1.82) is 0 Å². The van der Waals surface area contributed by atoms with Gasteiger partial charge in [-0.1, -0.05) is 40.6 Å². The van der Waals surface area contributed by atoms with E-state index in [0.717, 1.165) is 11.8 Å². The van der Waals surface area contributed by atoms with Crippen LogP contribution in [0.15, 0.2) is 40.0 Å². The lowest BCUT2D eigenvalue weighted by molar-refractivity contribution is -0.137. The van der Waals surface area contributed by atoms with Crippen molar-refractivity contribution < 1.29 is 24.4 Å². The van der Waals surface area contributed by atoms with Crippen LogP contribution in [0.3, 0.4) is 0 Å². The van der Waals surface area contributed by atoms with E-state index < -0.39 is 5.97 Å². The van der Waals surface area contributed by atoms with Crippen molar-refractivity contribution in [2.24, 2.45) is 5.16 Å². The molecule has 134 valence electrons. The highest BCUT2D eigenvalue weighted by Gasteiger charge is 2.24. The average Bonchev–Trinajstić information content (AvgIpc) is 2.95. The first-order valence-electron chi connectivity index (χ1n) is 7.77. The second-order valence-corrected chi connectivity index (χ2v) is 6.54. The summed E-state index contributed by atoms with van der Waals surface area (Å²) in [4.78, 5) is 11.1. The Kier molecular flexibility index (Phi) is 7.86. The number of aliphatic carboxylic acids is 1. The Labute approximate surface area is 158 Å². The van der Waals surface area contributed by atoms with Gasteiger partial charge in [0.15, 0.2) is 5.76 Å². The molecule has 0 bridgehead atoms. The summed E-state index contributed by atoms with van der Waals surface area (Å²) in [6.07, 6.45) is 2.40. The summed E-state index contributed by atoms with van der Waals surface area (Å²) in [6.45, 7) is 1.06. The molecule has 1 heterocycles. The van der Waals surface area contributed by atoms with Gasteiger partial charge in [-0.15, -0.1) is 0 Å². The van der Waals surface area contributed by atoms with Gasteiger partial charge >= 0.3 is 5.97 Å². The molecule has 25 heavy (non-hydrogen) atoms. The number of carbonyl (C=O) groups is 1. The quantitative estimate of drug-likeness (QED) is 0.185. The highest BCUT2D eigenvalue weighted by Crippen LogP contribution is 2.30. The molecular formula is C17H19IN2O5. The van der Waals surface area contributed by atoms with Gasteiger partial charge in [0, 0.05) is 12.5 Å². The summed E-state index contributed by atoms with van der Waals surface area (Å²) in [7, 11) is 0. The number of rotatable bonds is 10. The van der Waals surface area contributed by atoms with E-state index in [9.17, 15) is 4.79 Å². The fraction of sp³-hybridized carbons (Fsp3) is 0.353. The first kappa shape index (κ1) is 19.4. The van der Waals surface area contributed by atoms with Gasteiger partial charge in [0.25, 0.3) is 0 Å². The molecule has 1 aromatic carbocycles. The number of carboxylic acid groups (broad SMARTS) is 1. The monoisotopic (exact) mass is 458 g/mol. The zero-order valence-corrected chi connectivity index (χ0v) is 15.6. The molecule has 0 aliphatic rings. The Morgan fingerprint density at radius 1 is 1.40 bits per heavy atom. The van der Waals surface area contributed by atoms with Crippen molar-refractivity contribution in [3.8, 4) is 0 Å². The summed E-state index contributed by atoms with van der Waals surface area (Å²) in [5.41, 5.74) is 1.48. The van der Waals surface area contributed by atoms with Crippen molar-refractivity contribution >= 4 is 34.8 Å². The first-order chi connectivity index (χ1) is 12.1. The van der Waals surface area contributed by atoms with E-state index in [4.69, 9.17) is 19.6 Å². The number of aromatic nitrogens is 1.